The Morgan fingerprint density at radius 2 is 0.495 bits per heavy atom. The summed E-state index contributed by atoms with van der Waals surface area (Å²) in [4.78, 5) is 58.8. The lowest BCUT2D eigenvalue weighted by molar-refractivity contribution is -0.161. The Labute approximate surface area is 649 Å². The number of aliphatic hydroxyl groups excluding tert-OH is 2. The minimum absolute atomic E-state index is 0.0394. The van der Waals surface area contributed by atoms with Crippen LogP contribution in [0.5, 0.6) is 0 Å². The van der Waals surface area contributed by atoms with Gasteiger partial charge in [-0.15, -0.1) is 0 Å². The molecule has 0 bridgehead atoms. The number of hydrogen-bond acceptors (Lipinski definition) is 14. The van der Waals surface area contributed by atoms with Crippen molar-refractivity contribution in [3.63, 3.8) is 0 Å². The highest BCUT2D eigenvalue weighted by atomic mass is 31.2. The van der Waals surface area contributed by atoms with E-state index < -0.39 is 91.5 Å². The number of carbonyl (C=O) groups excluding carboxylic acids is 3. The lowest BCUT2D eigenvalue weighted by atomic mass is 10.0. The van der Waals surface area contributed by atoms with E-state index in [0.717, 1.165) is 167 Å². The number of allylic oxidation sites excluding steroid dienone is 30. The van der Waals surface area contributed by atoms with E-state index in [1.54, 1.807) is 0 Å². The van der Waals surface area contributed by atoms with Gasteiger partial charge in [-0.25, -0.2) is 9.13 Å². The van der Waals surface area contributed by atoms with Crippen LogP contribution in [0.1, 0.15) is 303 Å². The molecule has 0 aliphatic heterocycles. The van der Waals surface area contributed by atoms with Gasteiger partial charge >= 0.3 is 33.6 Å². The van der Waals surface area contributed by atoms with Crippen molar-refractivity contribution in [2.75, 3.05) is 39.6 Å². The molecule has 0 aliphatic rings. The molecule has 0 spiro atoms. The lowest BCUT2D eigenvalue weighted by Gasteiger charge is -2.21. The van der Waals surface area contributed by atoms with Crippen molar-refractivity contribution in [2.24, 2.45) is 0 Å². The SMILES string of the molecule is CC/C=C\C/C=C\C/C=C\C/C=C\C/C=C\C/C=C\CCCCC(=O)OC(COC(=O)CCCCCCCCC/C=C\C/C=C\C/C=C\C/C=C\C/C=C\CC)COP(=O)(O)OCC(O)COP(=O)(O)OCC(O)COC(=O)CCCCCCCCCCCCC/C=C\C/C=C\C/C=C\C/C=C\CCCCC. The fourth-order valence-electron chi connectivity index (χ4n) is 10.4. The zero-order valence-corrected chi connectivity index (χ0v) is 68.3. The molecule has 18 heteroatoms. The predicted molar refractivity (Wildman–Crippen MR) is 445 cm³/mol. The van der Waals surface area contributed by atoms with Crippen LogP contribution < -0.4 is 0 Å². The quantitative estimate of drug-likeness (QED) is 0.0146. The van der Waals surface area contributed by atoms with E-state index in [2.05, 4.69) is 203 Å². The van der Waals surface area contributed by atoms with E-state index in [1.807, 2.05) is 0 Å². The number of phosphoric ester groups is 2. The molecular formula is C89H146O16P2. The molecule has 608 valence electrons. The molecule has 0 aromatic rings. The summed E-state index contributed by atoms with van der Waals surface area (Å²) in [5.41, 5.74) is 0. The fourth-order valence-corrected chi connectivity index (χ4v) is 12.0. The van der Waals surface area contributed by atoms with Crippen molar-refractivity contribution in [1.82, 2.24) is 0 Å². The number of phosphoric acid groups is 2. The van der Waals surface area contributed by atoms with Gasteiger partial charge in [0.25, 0.3) is 0 Å². The molecule has 0 saturated carbocycles. The van der Waals surface area contributed by atoms with Crippen LogP contribution in [0.3, 0.4) is 0 Å². The molecule has 0 aromatic heterocycles. The summed E-state index contributed by atoms with van der Waals surface area (Å²) in [5.74, 6) is -1.65. The number of unbranched alkanes of at least 4 members (excludes halogenated alkanes) is 23. The summed E-state index contributed by atoms with van der Waals surface area (Å²) >= 11 is 0. The molecule has 16 nitrogen and oxygen atoms in total. The second-order valence-corrected chi connectivity index (χ2v) is 29.7. The van der Waals surface area contributed by atoms with Crippen LogP contribution in [-0.4, -0.2) is 95.9 Å². The van der Waals surface area contributed by atoms with E-state index in [4.69, 9.17) is 32.3 Å². The molecule has 0 aromatic carbocycles. The fraction of sp³-hybridized carbons (Fsp3) is 0.629. The number of ether oxygens (including phenoxy) is 3. The van der Waals surface area contributed by atoms with Gasteiger partial charge in [0.15, 0.2) is 6.10 Å². The third kappa shape index (κ3) is 81.5. The second kappa shape index (κ2) is 80.2. The average Bonchev–Trinajstić information content (AvgIpc) is 0.934. The largest absolute Gasteiger partial charge is 0.472 e. The maximum absolute atomic E-state index is 13.0. The number of carbonyl (C=O) groups is 3. The first-order valence-electron chi connectivity index (χ1n) is 41.1. The van der Waals surface area contributed by atoms with E-state index in [0.29, 0.717) is 25.7 Å². The van der Waals surface area contributed by atoms with Gasteiger partial charge < -0.3 is 34.2 Å². The van der Waals surface area contributed by atoms with Gasteiger partial charge in [0.2, 0.25) is 0 Å². The number of aliphatic hydroxyl groups is 2. The van der Waals surface area contributed by atoms with Crippen LogP contribution >= 0.6 is 15.6 Å². The topological polar surface area (TPSA) is 231 Å². The Balaban J connectivity index is 4.71. The highest BCUT2D eigenvalue weighted by Crippen LogP contribution is 2.45. The Morgan fingerprint density at radius 3 is 0.804 bits per heavy atom. The standard InChI is InChI=1S/C89H146O16P2/c1-4-7-10-13-16-19-22-25-28-31-34-37-39-40-41-42-44-47-48-51-54-57-60-63-66-69-72-75-87(92)99-78-84(90)79-101-106(95,96)102-80-85(91)81-103-107(97,98)104-83-86(105-89(94)77-74-71-68-65-62-59-56-53-50-45-36-33-30-27-24-21-18-15-12-9-6-3)82-100-88(93)76-73-70-67-64-61-58-55-52-49-46-43-38-35-32-29-26-23-20-17-14-11-8-5-2/h8-9,11-12,16-21,25-30,34-38,40-41,45-46,49,53,56,62,65,84-86,90-91H,4-7,10,13-15,22-24,31-33,39,42-44,47-48,50-52,54-55,57-61,63-64,66-83H2,1-3H3,(H,95,96)(H,97,98)/b11-8-,12-9-,19-16-,20-17-,21-18-,28-25-,29-26-,30-27-,37-34-,38-35-,41-40-,45-36-,49-46-,56-53-,65-62-. The zero-order chi connectivity index (χ0) is 78.0. The van der Waals surface area contributed by atoms with E-state index in [-0.39, 0.29) is 19.3 Å². The van der Waals surface area contributed by atoms with E-state index in [9.17, 15) is 43.5 Å². The minimum Gasteiger partial charge on any atom is -0.463 e. The third-order valence-electron chi connectivity index (χ3n) is 16.6. The molecule has 0 rings (SSSR count). The van der Waals surface area contributed by atoms with Crippen LogP contribution in [-0.2, 0) is 55.8 Å². The monoisotopic (exact) mass is 1530 g/mol. The van der Waals surface area contributed by atoms with Crippen LogP contribution in [0.2, 0.25) is 0 Å². The summed E-state index contributed by atoms with van der Waals surface area (Å²) in [7, 11) is -9.83. The molecule has 0 fully saturated rings. The van der Waals surface area contributed by atoms with Crippen molar-refractivity contribution in [2.45, 2.75) is 322 Å². The first-order chi connectivity index (χ1) is 52.2. The van der Waals surface area contributed by atoms with Crippen molar-refractivity contribution in [1.29, 1.82) is 0 Å². The first-order valence-corrected chi connectivity index (χ1v) is 44.1. The van der Waals surface area contributed by atoms with Gasteiger partial charge in [-0.1, -0.05) is 306 Å². The average molecular weight is 1530 g/mol. The Hall–Kier alpha value is -5.35. The summed E-state index contributed by atoms with van der Waals surface area (Å²) in [6, 6.07) is 0. The summed E-state index contributed by atoms with van der Waals surface area (Å²) in [6.07, 6.45) is 104. The number of esters is 3. The molecule has 5 atom stereocenters. The molecule has 0 aliphatic carbocycles. The van der Waals surface area contributed by atoms with E-state index >= 15 is 0 Å². The smallest absolute Gasteiger partial charge is 0.463 e. The number of hydrogen-bond donors (Lipinski definition) is 4. The molecule has 107 heavy (non-hydrogen) atoms. The summed E-state index contributed by atoms with van der Waals surface area (Å²) in [6.45, 7) is 2.35. The van der Waals surface area contributed by atoms with Crippen molar-refractivity contribution in [3.8, 4) is 0 Å². The van der Waals surface area contributed by atoms with Gasteiger partial charge in [-0.2, -0.15) is 0 Å². The first kappa shape index (κ1) is 102. The van der Waals surface area contributed by atoms with Gasteiger partial charge in [0.05, 0.1) is 26.4 Å². The minimum atomic E-state index is -4.96. The van der Waals surface area contributed by atoms with Crippen molar-refractivity contribution < 1.29 is 75.8 Å². The van der Waals surface area contributed by atoms with Crippen LogP contribution in [0.4, 0.5) is 0 Å². The molecule has 5 unspecified atom stereocenters. The lowest BCUT2D eigenvalue weighted by Crippen LogP contribution is -2.30. The van der Waals surface area contributed by atoms with Crippen molar-refractivity contribution >= 4 is 33.6 Å². The Kier molecular flexibility index (Phi) is 76.2. The van der Waals surface area contributed by atoms with Gasteiger partial charge in [-0.05, 0) is 161 Å². The normalized spacial score (nSPS) is 14.9. The zero-order valence-electron chi connectivity index (χ0n) is 66.5. The van der Waals surface area contributed by atoms with Gasteiger partial charge in [0, 0.05) is 19.3 Å². The highest BCUT2D eigenvalue weighted by molar-refractivity contribution is 7.47. The second-order valence-electron chi connectivity index (χ2n) is 26.8. The van der Waals surface area contributed by atoms with Crippen LogP contribution in [0, 0.1) is 0 Å². The van der Waals surface area contributed by atoms with E-state index in [1.165, 1.54) is 70.6 Å². The third-order valence-corrected chi connectivity index (χ3v) is 18.5. The Bertz CT molecular complexity index is 2670. The van der Waals surface area contributed by atoms with Crippen LogP contribution in [0.25, 0.3) is 0 Å². The predicted octanol–water partition coefficient (Wildman–Crippen LogP) is 24.5. The molecule has 0 saturated heterocycles. The van der Waals surface area contributed by atoms with Crippen LogP contribution in [0.15, 0.2) is 182 Å². The van der Waals surface area contributed by atoms with Gasteiger partial charge in [-0.3, -0.25) is 32.5 Å². The molecule has 0 amide bonds. The number of rotatable bonds is 76. The Morgan fingerprint density at radius 1 is 0.271 bits per heavy atom. The molecule has 0 heterocycles. The molecule has 0 radical (unpaired) electrons. The summed E-state index contributed by atoms with van der Waals surface area (Å²) in [5, 5.41) is 20.7. The summed E-state index contributed by atoms with van der Waals surface area (Å²) < 4.78 is 61.2. The van der Waals surface area contributed by atoms with Gasteiger partial charge in [0.1, 0.15) is 25.4 Å². The maximum Gasteiger partial charge on any atom is 0.472 e. The molecular weight excluding hydrogens is 1390 g/mol. The maximum atomic E-state index is 13.0. The molecule has 4 N–H and O–H groups in total. The highest BCUT2D eigenvalue weighted by Gasteiger charge is 2.29. The van der Waals surface area contributed by atoms with Crippen molar-refractivity contribution in [3.05, 3.63) is 182 Å².